The number of hydrogen-bond donors (Lipinski definition) is 1. The fourth-order valence-corrected chi connectivity index (χ4v) is 3.79. The van der Waals surface area contributed by atoms with Crippen LogP contribution in [0.4, 0.5) is 5.69 Å². The minimum atomic E-state index is -3.10. The number of benzene rings is 1. The molecule has 1 saturated carbocycles. The molecule has 0 aliphatic heterocycles. The van der Waals surface area contributed by atoms with Crippen LogP contribution < -0.4 is 5.32 Å². The molecule has 1 N–H and O–H groups in total. The summed E-state index contributed by atoms with van der Waals surface area (Å²) in [6, 6.07) is 7.71. The summed E-state index contributed by atoms with van der Waals surface area (Å²) in [5.74, 6) is 1.12. The molecule has 4 heteroatoms. The minimum absolute atomic E-state index is 0.221. The van der Waals surface area contributed by atoms with Crippen molar-refractivity contribution < 1.29 is 8.42 Å². The van der Waals surface area contributed by atoms with Crippen LogP contribution in [0.5, 0.6) is 0 Å². The molecule has 1 unspecified atom stereocenters. The van der Waals surface area contributed by atoms with Crippen LogP contribution >= 0.6 is 0 Å². The zero-order valence-electron chi connectivity index (χ0n) is 12.4. The Morgan fingerprint density at radius 3 is 2.35 bits per heavy atom. The third kappa shape index (κ3) is 4.23. The van der Waals surface area contributed by atoms with E-state index < -0.39 is 9.84 Å². The van der Waals surface area contributed by atoms with Crippen molar-refractivity contribution in [2.45, 2.75) is 56.9 Å². The lowest BCUT2D eigenvalue weighted by Gasteiger charge is -2.18. The summed E-state index contributed by atoms with van der Waals surface area (Å²) in [6.07, 6.45) is 5.72. The topological polar surface area (TPSA) is 46.2 Å². The van der Waals surface area contributed by atoms with Gasteiger partial charge in [0.05, 0.1) is 10.6 Å². The second-order valence-electron chi connectivity index (χ2n) is 5.77. The van der Waals surface area contributed by atoms with E-state index in [1.807, 2.05) is 19.1 Å². The Morgan fingerprint density at radius 1 is 1.20 bits per heavy atom. The van der Waals surface area contributed by atoms with Crippen LogP contribution in [0.2, 0.25) is 0 Å². The van der Waals surface area contributed by atoms with Gasteiger partial charge in [-0.1, -0.05) is 26.7 Å². The third-order valence-corrected chi connectivity index (χ3v) is 5.80. The zero-order chi connectivity index (χ0) is 14.6. The van der Waals surface area contributed by atoms with E-state index in [4.69, 9.17) is 0 Å². The van der Waals surface area contributed by atoms with Crippen molar-refractivity contribution in [2.24, 2.45) is 5.92 Å². The van der Waals surface area contributed by atoms with E-state index in [0.29, 0.717) is 17.4 Å². The van der Waals surface area contributed by atoms with E-state index in [1.165, 1.54) is 19.3 Å². The Bertz CT molecular complexity index is 518. The lowest BCUT2D eigenvalue weighted by molar-refractivity contribution is 0.587. The second kappa shape index (κ2) is 6.61. The molecule has 2 rings (SSSR count). The first-order valence-electron chi connectivity index (χ1n) is 7.64. The normalized spacial score (nSPS) is 16.9. The standard InChI is InChI=1S/C16H25NO2S/c1-3-11-20(18,19)16-9-7-15(8-10-16)17-14(4-2)12-13-5-6-13/h7-10,13-14,17H,3-6,11-12H2,1-2H3. The smallest absolute Gasteiger partial charge is 0.178 e. The van der Waals surface area contributed by atoms with Gasteiger partial charge in [0.15, 0.2) is 9.84 Å². The Hall–Kier alpha value is -1.03. The number of hydrogen-bond acceptors (Lipinski definition) is 3. The summed E-state index contributed by atoms with van der Waals surface area (Å²) in [5, 5.41) is 3.52. The second-order valence-corrected chi connectivity index (χ2v) is 7.88. The molecule has 0 amide bonds. The third-order valence-electron chi connectivity index (χ3n) is 3.86. The maximum absolute atomic E-state index is 12.0. The molecule has 1 aliphatic carbocycles. The molecule has 20 heavy (non-hydrogen) atoms. The largest absolute Gasteiger partial charge is 0.382 e. The Kier molecular flexibility index (Phi) is 5.08. The maximum atomic E-state index is 12.0. The van der Waals surface area contributed by atoms with Gasteiger partial charge in [0.25, 0.3) is 0 Å². The fourth-order valence-electron chi connectivity index (χ4n) is 2.46. The van der Waals surface area contributed by atoms with Gasteiger partial charge in [-0.25, -0.2) is 8.42 Å². The molecule has 1 atom stereocenters. The predicted octanol–water partition coefficient (Wildman–Crippen LogP) is 3.86. The van der Waals surface area contributed by atoms with Crippen LogP contribution in [0.25, 0.3) is 0 Å². The summed E-state index contributed by atoms with van der Waals surface area (Å²) in [5.41, 5.74) is 1.02. The van der Waals surface area contributed by atoms with Gasteiger partial charge in [0.1, 0.15) is 0 Å². The van der Waals surface area contributed by atoms with Gasteiger partial charge in [-0.15, -0.1) is 0 Å². The average Bonchev–Trinajstić information content (AvgIpc) is 3.22. The van der Waals surface area contributed by atoms with E-state index in [0.717, 1.165) is 18.0 Å². The summed E-state index contributed by atoms with van der Waals surface area (Å²) in [4.78, 5) is 0.431. The first-order chi connectivity index (χ1) is 9.55. The molecular formula is C16H25NO2S. The summed E-state index contributed by atoms with van der Waals surface area (Å²) < 4.78 is 23.9. The molecular weight excluding hydrogens is 270 g/mol. The SMILES string of the molecule is CCCS(=O)(=O)c1ccc(NC(CC)CC2CC2)cc1. The first kappa shape index (κ1) is 15.4. The molecule has 1 fully saturated rings. The van der Waals surface area contributed by atoms with Crippen molar-refractivity contribution >= 4 is 15.5 Å². The van der Waals surface area contributed by atoms with Gasteiger partial charge in [-0.3, -0.25) is 0 Å². The molecule has 0 spiro atoms. The molecule has 112 valence electrons. The number of sulfone groups is 1. The Morgan fingerprint density at radius 2 is 1.85 bits per heavy atom. The van der Waals surface area contributed by atoms with Crippen LogP contribution in [-0.4, -0.2) is 20.2 Å². The Balaban J connectivity index is 2.00. The van der Waals surface area contributed by atoms with Crippen molar-refractivity contribution in [2.75, 3.05) is 11.1 Å². The highest BCUT2D eigenvalue weighted by atomic mass is 32.2. The average molecular weight is 295 g/mol. The van der Waals surface area contributed by atoms with Crippen LogP contribution in [0, 0.1) is 5.92 Å². The van der Waals surface area contributed by atoms with Gasteiger partial charge < -0.3 is 5.32 Å². The fraction of sp³-hybridized carbons (Fsp3) is 0.625. The molecule has 1 aromatic carbocycles. The van der Waals surface area contributed by atoms with Crippen molar-refractivity contribution in [3.63, 3.8) is 0 Å². The van der Waals surface area contributed by atoms with Crippen LogP contribution in [-0.2, 0) is 9.84 Å². The van der Waals surface area contributed by atoms with Crippen LogP contribution in [0.15, 0.2) is 29.2 Å². The van der Waals surface area contributed by atoms with E-state index >= 15 is 0 Å². The van der Waals surface area contributed by atoms with E-state index in [2.05, 4.69) is 12.2 Å². The Labute approximate surface area is 122 Å². The highest BCUT2D eigenvalue weighted by Crippen LogP contribution is 2.34. The van der Waals surface area contributed by atoms with Crippen molar-refractivity contribution in [3.8, 4) is 0 Å². The first-order valence-corrected chi connectivity index (χ1v) is 9.29. The van der Waals surface area contributed by atoms with E-state index in [-0.39, 0.29) is 5.75 Å². The highest BCUT2D eigenvalue weighted by molar-refractivity contribution is 7.91. The number of nitrogens with one attached hydrogen (secondary N) is 1. The van der Waals surface area contributed by atoms with Crippen molar-refractivity contribution in [1.82, 2.24) is 0 Å². The summed E-state index contributed by atoms with van der Waals surface area (Å²) in [7, 11) is -3.10. The monoisotopic (exact) mass is 295 g/mol. The molecule has 1 aromatic rings. The molecule has 3 nitrogen and oxygen atoms in total. The molecule has 0 heterocycles. The molecule has 0 saturated heterocycles. The molecule has 0 radical (unpaired) electrons. The van der Waals surface area contributed by atoms with Crippen molar-refractivity contribution in [1.29, 1.82) is 0 Å². The van der Waals surface area contributed by atoms with Crippen LogP contribution in [0.3, 0.4) is 0 Å². The number of rotatable bonds is 8. The van der Waals surface area contributed by atoms with Gasteiger partial charge in [-0.05, 0) is 49.4 Å². The van der Waals surface area contributed by atoms with Gasteiger partial charge >= 0.3 is 0 Å². The predicted molar refractivity (Wildman–Crippen MR) is 83.8 cm³/mol. The maximum Gasteiger partial charge on any atom is 0.178 e. The molecule has 0 aromatic heterocycles. The number of anilines is 1. The summed E-state index contributed by atoms with van der Waals surface area (Å²) in [6.45, 7) is 4.08. The quantitative estimate of drug-likeness (QED) is 0.792. The van der Waals surface area contributed by atoms with Gasteiger partial charge in [-0.2, -0.15) is 0 Å². The van der Waals surface area contributed by atoms with Crippen molar-refractivity contribution in [3.05, 3.63) is 24.3 Å². The lowest BCUT2D eigenvalue weighted by atomic mass is 10.1. The highest BCUT2D eigenvalue weighted by Gasteiger charge is 2.24. The minimum Gasteiger partial charge on any atom is -0.382 e. The van der Waals surface area contributed by atoms with Gasteiger partial charge in [0.2, 0.25) is 0 Å². The summed E-state index contributed by atoms with van der Waals surface area (Å²) >= 11 is 0. The molecule has 1 aliphatic rings. The lowest BCUT2D eigenvalue weighted by Crippen LogP contribution is -2.19. The van der Waals surface area contributed by atoms with Crippen LogP contribution in [0.1, 0.15) is 46.0 Å². The van der Waals surface area contributed by atoms with E-state index in [1.54, 1.807) is 12.1 Å². The van der Waals surface area contributed by atoms with E-state index in [9.17, 15) is 8.42 Å². The van der Waals surface area contributed by atoms with Gasteiger partial charge in [0, 0.05) is 11.7 Å². The zero-order valence-corrected chi connectivity index (χ0v) is 13.2. The molecule has 0 bridgehead atoms.